The van der Waals surface area contributed by atoms with Gasteiger partial charge < -0.3 is 10.1 Å². The number of halogens is 2. The first-order valence-corrected chi connectivity index (χ1v) is 11.9. The van der Waals surface area contributed by atoms with Crippen LogP contribution in [0.25, 0.3) is 0 Å². The van der Waals surface area contributed by atoms with E-state index in [4.69, 9.17) is 27.9 Å². The number of hydrogen-bond donors (Lipinski definition) is 2. The van der Waals surface area contributed by atoms with E-state index in [0.29, 0.717) is 23.7 Å². The van der Waals surface area contributed by atoms with E-state index < -0.39 is 15.9 Å². The molecule has 1 heterocycles. The van der Waals surface area contributed by atoms with Crippen molar-refractivity contribution in [3.8, 4) is 5.88 Å². The Bertz CT molecular complexity index is 1250. The number of pyridine rings is 1. The molecule has 2 N–H and O–H groups in total. The molecule has 0 aliphatic rings. The van der Waals surface area contributed by atoms with Crippen LogP contribution < -0.4 is 14.8 Å². The molecule has 0 spiro atoms. The van der Waals surface area contributed by atoms with Crippen LogP contribution in [-0.4, -0.2) is 25.9 Å². The predicted octanol–water partition coefficient (Wildman–Crippen LogP) is 4.83. The summed E-state index contributed by atoms with van der Waals surface area (Å²) in [5.41, 5.74) is 1.90. The third-order valence-corrected chi connectivity index (χ3v) is 6.56. The maximum Gasteiger partial charge on any atom is 0.263 e. The van der Waals surface area contributed by atoms with Gasteiger partial charge in [0.25, 0.3) is 15.9 Å². The van der Waals surface area contributed by atoms with Crippen molar-refractivity contribution in [1.29, 1.82) is 0 Å². The molecule has 32 heavy (non-hydrogen) atoms. The summed E-state index contributed by atoms with van der Waals surface area (Å²) in [4.78, 5) is 16.7. The van der Waals surface area contributed by atoms with Crippen molar-refractivity contribution in [1.82, 2.24) is 10.3 Å². The van der Waals surface area contributed by atoms with Crippen LogP contribution in [-0.2, 0) is 16.6 Å². The zero-order chi connectivity index (χ0) is 23.3. The fourth-order valence-corrected chi connectivity index (χ4v) is 4.83. The number of rotatable bonds is 8. The first-order chi connectivity index (χ1) is 15.2. The molecule has 0 aliphatic carbocycles. The highest BCUT2D eigenvalue weighted by Crippen LogP contribution is 2.30. The number of carbonyl (C=O) groups excluding carboxylic acids is 1. The number of carbonyl (C=O) groups is 1. The smallest absolute Gasteiger partial charge is 0.263 e. The van der Waals surface area contributed by atoms with Crippen molar-refractivity contribution in [2.75, 3.05) is 11.3 Å². The first kappa shape index (κ1) is 23.8. The molecule has 0 saturated heterocycles. The van der Waals surface area contributed by atoms with Crippen LogP contribution in [0.3, 0.4) is 0 Å². The Labute approximate surface area is 196 Å². The van der Waals surface area contributed by atoms with Crippen LogP contribution in [0, 0.1) is 6.92 Å². The quantitative estimate of drug-likeness (QED) is 0.468. The lowest BCUT2D eigenvalue weighted by Gasteiger charge is -2.14. The third-order valence-electron chi connectivity index (χ3n) is 4.40. The van der Waals surface area contributed by atoms with E-state index in [1.165, 1.54) is 6.07 Å². The van der Waals surface area contributed by atoms with E-state index in [1.807, 2.05) is 19.9 Å². The Morgan fingerprint density at radius 2 is 1.88 bits per heavy atom. The van der Waals surface area contributed by atoms with Gasteiger partial charge in [-0.3, -0.25) is 9.52 Å². The van der Waals surface area contributed by atoms with E-state index in [-0.39, 0.29) is 27.0 Å². The molecule has 7 nitrogen and oxygen atoms in total. The zero-order valence-corrected chi connectivity index (χ0v) is 19.7. The maximum absolute atomic E-state index is 12.9. The molecular formula is C22H21Cl2N3O4S. The van der Waals surface area contributed by atoms with Gasteiger partial charge in [-0.25, -0.2) is 13.4 Å². The molecule has 0 unspecified atom stereocenters. The Morgan fingerprint density at radius 1 is 1.09 bits per heavy atom. The minimum atomic E-state index is -4.07. The summed E-state index contributed by atoms with van der Waals surface area (Å²) in [5.74, 6) is -0.159. The second kappa shape index (κ2) is 10.2. The molecule has 168 valence electrons. The fourth-order valence-electron chi connectivity index (χ4n) is 2.92. The number of aromatic nitrogens is 1. The Hall–Kier alpha value is -2.81. The third kappa shape index (κ3) is 5.70. The van der Waals surface area contributed by atoms with Gasteiger partial charge in [0.2, 0.25) is 5.88 Å². The number of sulfonamides is 1. The van der Waals surface area contributed by atoms with Crippen molar-refractivity contribution in [2.45, 2.75) is 25.3 Å². The van der Waals surface area contributed by atoms with E-state index in [0.717, 1.165) is 11.6 Å². The molecule has 3 rings (SSSR count). The molecule has 0 radical (unpaired) electrons. The molecule has 0 fully saturated rings. The zero-order valence-electron chi connectivity index (χ0n) is 17.4. The van der Waals surface area contributed by atoms with Gasteiger partial charge in [0, 0.05) is 24.0 Å². The van der Waals surface area contributed by atoms with Gasteiger partial charge in [-0.15, -0.1) is 0 Å². The molecule has 1 amide bonds. The summed E-state index contributed by atoms with van der Waals surface area (Å²) in [5, 5.41) is 2.64. The average Bonchev–Trinajstić information content (AvgIpc) is 2.72. The topological polar surface area (TPSA) is 97.4 Å². The van der Waals surface area contributed by atoms with Gasteiger partial charge in [0.1, 0.15) is 4.90 Å². The number of ether oxygens (including phenoxy) is 1. The number of amides is 1. The molecular weight excluding hydrogens is 473 g/mol. The standard InChI is InChI=1S/C22H21Cl2N3O4S/c1-3-31-22-15(7-5-9-25-22)13-26-21(28)17-11-20(19(24)12-18(17)23)32(29,30)27-16-8-4-6-14(2)10-16/h4-12,27H,3,13H2,1-2H3,(H,26,28). The van der Waals surface area contributed by atoms with Gasteiger partial charge >= 0.3 is 0 Å². The minimum Gasteiger partial charge on any atom is -0.478 e. The Kier molecular flexibility index (Phi) is 7.60. The average molecular weight is 494 g/mol. The van der Waals surface area contributed by atoms with Gasteiger partial charge in [-0.1, -0.05) is 41.4 Å². The Balaban J connectivity index is 1.85. The van der Waals surface area contributed by atoms with Gasteiger partial charge in [-0.05, 0) is 49.7 Å². The van der Waals surface area contributed by atoms with Gasteiger partial charge in [-0.2, -0.15) is 0 Å². The molecule has 0 saturated carbocycles. The number of anilines is 1. The molecule has 1 aromatic heterocycles. The normalized spacial score (nSPS) is 11.1. The van der Waals surface area contributed by atoms with Crippen LogP contribution >= 0.6 is 23.2 Å². The van der Waals surface area contributed by atoms with Crippen LogP contribution in [0.1, 0.15) is 28.4 Å². The summed E-state index contributed by atoms with van der Waals surface area (Å²) in [6.07, 6.45) is 1.59. The lowest BCUT2D eigenvalue weighted by molar-refractivity contribution is 0.0950. The summed E-state index contributed by atoms with van der Waals surface area (Å²) in [7, 11) is -4.07. The van der Waals surface area contributed by atoms with Crippen LogP contribution in [0.5, 0.6) is 5.88 Å². The van der Waals surface area contributed by atoms with Crippen molar-refractivity contribution in [3.05, 3.63) is 81.5 Å². The Morgan fingerprint density at radius 3 is 2.59 bits per heavy atom. The molecule has 2 aromatic carbocycles. The number of nitrogens with zero attached hydrogens (tertiary/aromatic N) is 1. The summed E-state index contributed by atoms with van der Waals surface area (Å²) < 4.78 is 33.8. The molecule has 0 aliphatic heterocycles. The second-order valence-corrected chi connectivity index (χ2v) is 9.29. The van der Waals surface area contributed by atoms with E-state index in [9.17, 15) is 13.2 Å². The van der Waals surface area contributed by atoms with E-state index in [1.54, 1.807) is 36.5 Å². The molecule has 10 heteroatoms. The maximum atomic E-state index is 12.9. The number of nitrogens with one attached hydrogen (secondary N) is 2. The lowest BCUT2D eigenvalue weighted by Crippen LogP contribution is -2.24. The first-order valence-electron chi connectivity index (χ1n) is 9.64. The predicted molar refractivity (Wildman–Crippen MR) is 125 cm³/mol. The van der Waals surface area contributed by atoms with Gasteiger partial charge in [0.15, 0.2) is 0 Å². The molecule has 0 bridgehead atoms. The second-order valence-electron chi connectivity index (χ2n) is 6.82. The molecule has 3 aromatic rings. The fraction of sp³-hybridized carbons (Fsp3) is 0.182. The van der Waals surface area contributed by atoms with Crippen LogP contribution in [0.15, 0.2) is 59.6 Å². The van der Waals surface area contributed by atoms with Crippen LogP contribution in [0.4, 0.5) is 5.69 Å². The van der Waals surface area contributed by atoms with Crippen molar-refractivity contribution >= 4 is 44.8 Å². The lowest BCUT2D eigenvalue weighted by atomic mass is 10.2. The van der Waals surface area contributed by atoms with Crippen molar-refractivity contribution < 1.29 is 17.9 Å². The number of hydrogen-bond acceptors (Lipinski definition) is 5. The summed E-state index contributed by atoms with van der Waals surface area (Å²) in [6.45, 7) is 4.22. The summed E-state index contributed by atoms with van der Waals surface area (Å²) >= 11 is 12.3. The van der Waals surface area contributed by atoms with E-state index in [2.05, 4.69) is 15.0 Å². The highest BCUT2D eigenvalue weighted by molar-refractivity contribution is 7.92. The van der Waals surface area contributed by atoms with Crippen LogP contribution in [0.2, 0.25) is 10.0 Å². The number of aryl methyl sites for hydroxylation is 1. The highest BCUT2D eigenvalue weighted by atomic mass is 35.5. The minimum absolute atomic E-state index is 0.0254. The van der Waals surface area contributed by atoms with Gasteiger partial charge in [0.05, 0.1) is 22.2 Å². The summed E-state index contributed by atoms with van der Waals surface area (Å²) in [6, 6.07) is 12.7. The van der Waals surface area contributed by atoms with Crippen molar-refractivity contribution in [2.24, 2.45) is 0 Å². The van der Waals surface area contributed by atoms with Crippen molar-refractivity contribution in [3.63, 3.8) is 0 Å². The largest absolute Gasteiger partial charge is 0.478 e. The highest BCUT2D eigenvalue weighted by Gasteiger charge is 2.23. The van der Waals surface area contributed by atoms with E-state index >= 15 is 0 Å². The molecule has 0 atom stereocenters. The number of benzene rings is 2. The SMILES string of the molecule is CCOc1ncccc1CNC(=O)c1cc(S(=O)(=O)Nc2cccc(C)c2)c(Cl)cc1Cl. The monoisotopic (exact) mass is 493 g/mol.